The molecule has 1 amide bonds. The Morgan fingerprint density at radius 2 is 2.26 bits per heavy atom. The van der Waals surface area contributed by atoms with Crippen molar-refractivity contribution in [3.05, 3.63) is 11.6 Å². The van der Waals surface area contributed by atoms with Gasteiger partial charge in [-0.2, -0.15) is 0 Å². The molecule has 3 rings (SSSR count). The molecule has 0 bridgehead atoms. The predicted molar refractivity (Wildman–Crippen MR) is 75.4 cm³/mol. The molecule has 104 valence electrons. The van der Waals surface area contributed by atoms with E-state index in [-0.39, 0.29) is 5.91 Å². The first-order valence-corrected chi connectivity index (χ1v) is 7.56. The van der Waals surface area contributed by atoms with E-state index in [1.54, 1.807) is 6.20 Å². The second kappa shape index (κ2) is 5.96. The normalized spacial score (nSPS) is 22.1. The maximum Gasteiger partial charge on any atom is 0.240 e. The molecule has 0 saturated carbocycles. The van der Waals surface area contributed by atoms with Crippen LogP contribution >= 0.6 is 11.3 Å². The molecule has 0 atom stereocenters. The van der Waals surface area contributed by atoms with Gasteiger partial charge >= 0.3 is 0 Å². The predicted octanol–water partition coefficient (Wildman–Crippen LogP) is -0.329. The average molecular weight is 281 g/mol. The van der Waals surface area contributed by atoms with Crippen molar-refractivity contribution in [2.45, 2.75) is 6.04 Å². The molecule has 7 heteroatoms. The number of rotatable bonds is 4. The number of thiazole rings is 1. The van der Waals surface area contributed by atoms with Crippen molar-refractivity contribution in [2.75, 3.05) is 51.1 Å². The number of hydrogen-bond acceptors (Lipinski definition) is 6. The number of carbonyl (C=O) groups excluding carboxylic acids is 1. The van der Waals surface area contributed by atoms with Gasteiger partial charge in [-0.25, -0.2) is 4.98 Å². The van der Waals surface area contributed by atoms with Gasteiger partial charge in [0.15, 0.2) is 5.13 Å². The lowest BCUT2D eigenvalue weighted by Gasteiger charge is -2.46. The van der Waals surface area contributed by atoms with E-state index in [0.29, 0.717) is 17.7 Å². The summed E-state index contributed by atoms with van der Waals surface area (Å²) in [5, 5.41) is 8.72. The lowest BCUT2D eigenvalue weighted by Crippen LogP contribution is -2.63. The van der Waals surface area contributed by atoms with Crippen molar-refractivity contribution < 1.29 is 4.79 Å². The maximum absolute atomic E-state index is 11.8. The highest BCUT2D eigenvalue weighted by Gasteiger charge is 2.33. The lowest BCUT2D eigenvalue weighted by molar-refractivity contribution is -0.119. The van der Waals surface area contributed by atoms with E-state index in [0.717, 1.165) is 39.3 Å². The third kappa shape index (κ3) is 3.30. The second-order valence-electron chi connectivity index (χ2n) is 5.02. The fraction of sp³-hybridized carbons (Fsp3) is 0.667. The summed E-state index contributed by atoms with van der Waals surface area (Å²) in [5.74, 6) is 0.0358. The molecule has 2 fully saturated rings. The number of piperazine rings is 1. The zero-order valence-corrected chi connectivity index (χ0v) is 11.7. The Morgan fingerprint density at radius 1 is 1.47 bits per heavy atom. The molecule has 0 radical (unpaired) electrons. The van der Waals surface area contributed by atoms with Crippen LogP contribution in [0.4, 0.5) is 5.13 Å². The van der Waals surface area contributed by atoms with Crippen molar-refractivity contribution in [1.29, 1.82) is 0 Å². The van der Waals surface area contributed by atoms with Gasteiger partial charge in [0, 0.05) is 56.9 Å². The van der Waals surface area contributed by atoms with Gasteiger partial charge in [0.25, 0.3) is 0 Å². The van der Waals surface area contributed by atoms with Crippen molar-refractivity contribution >= 4 is 22.4 Å². The van der Waals surface area contributed by atoms with Crippen LogP contribution in [0.15, 0.2) is 11.6 Å². The van der Waals surface area contributed by atoms with Crippen LogP contribution in [0.3, 0.4) is 0 Å². The van der Waals surface area contributed by atoms with Crippen molar-refractivity contribution in [1.82, 2.24) is 20.1 Å². The first kappa shape index (κ1) is 13.0. The van der Waals surface area contributed by atoms with Crippen LogP contribution in [0.5, 0.6) is 0 Å². The summed E-state index contributed by atoms with van der Waals surface area (Å²) in [6.07, 6.45) is 1.70. The standard InChI is InChI=1S/C12H19N5OS/c18-11(15-12-14-3-6-19-12)9-16-7-10(8-16)17-4-1-13-2-5-17/h3,6,10,13H,1-2,4-5,7-9H2,(H,14,15,18). The van der Waals surface area contributed by atoms with Gasteiger partial charge in [0.05, 0.1) is 6.54 Å². The highest BCUT2D eigenvalue weighted by molar-refractivity contribution is 7.13. The van der Waals surface area contributed by atoms with Gasteiger partial charge in [-0.3, -0.25) is 14.6 Å². The number of hydrogen-bond donors (Lipinski definition) is 2. The second-order valence-corrected chi connectivity index (χ2v) is 5.91. The zero-order valence-electron chi connectivity index (χ0n) is 10.8. The molecule has 0 unspecified atom stereocenters. The minimum Gasteiger partial charge on any atom is -0.314 e. The summed E-state index contributed by atoms with van der Waals surface area (Å²) >= 11 is 1.45. The lowest BCUT2D eigenvalue weighted by atomic mass is 10.1. The minimum absolute atomic E-state index is 0.0358. The quantitative estimate of drug-likeness (QED) is 0.791. The Kier molecular flexibility index (Phi) is 4.07. The van der Waals surface area contributed by atoms with E-state index < -0.39 is 0 Å². The molecule has 6 nitrogen and oxygen atoms in total. The number of amides is 1. The molecular formula is C12H19N5OS. The van der Waals surface area contributed by atoms with Crippen LogP contribution in [0, 0.1) is 0 Å². The summed E-state index contributed by atoms with van der Waals surface area (Å²) in [6.45, 7) is 6.91. The van der Waals surface area contributed by atoms with Gasteiger partial charge in [0.2, 0.25) is 5.91 Å². The van der Waals surface area contributed by atoms with E-state index in [1.165, 1.54) is 11.3 Å². The number of carbonyl (C=O) groups is 1. The third-order valence-electron chi connectivity index (χ3n) is 3.65. The van der Waals surface area contributed by atoms with E-state index >= 15 is 0 Å². The van der Waals surface area contributed by atoms with Crippen LogP contribution in [0.2, 0.25) is 0 Å². The molecule has 0 aliphatic carbocycles. The van der Waals surface area contributed by atoms with Gasteiger partial charge in [-0.15, -0.1) is 11.3 Å². The highest BCUT2D eigenvalue weighted by atomic mass is 32.1. The molecule has 19 heavy (non-hydrogen) atoms. The summed E-state index contributed by atoms with van der Waals surface area (Å²) in [4.78, 5) is 20.5. The molecule has 2 aliphatic heterocycles. The van der Waals surface area contributed by atoms with Crippen LogP contribution in [-0.4, -0.2) is 72.5 Å². The Balaban J connectivity index is 1.38. The topological polar surface area (TPSA) is 60.5 Å². The number of nitrogens with one attached hydrogen (secondary N) is 2. The molecule has 3 heterocycles. The fourth-order valence-electron chi connectivity index (χ4n) is 2.60. The molecule has 0 spiro atoms. The van der Waals surface area contributed by atoms with Gasteiger partial charge in [-0.05, 0) is 0 Å². The SMILES string of the molecule is O=C(CN1CC(N2CCNCC2)C1)Nc1nccs1. The van der Waals surface area contributed by atoms with Gasteiger partial charge < -0.3 is 10.6 Å². The highest BCUT2D eigenvalue weighted by Crippen LogP contribution is 2.16. The maximum atomic E-state index is 11.8. The summed E-state index contributed by atoms with van der Waals surface area (Å²) in [7, 11) is 0. The van der Waals surface area contributed by atoms with Crippen molar-refractivity contribution in [3.63, 3.8) is 0 Å². The molecule has 2 aliphatic rings. The monoisotopic (exact) mass is 281 g/mol. The first-order valence-electron chi connectivity index (χ1n) is 6.68. The van der Waals surface area contributed by atoms with Crippen LogP contribution in [-0.2, 0) is 4.79 Å². The number of aromatic nitrogens is 1. The van der Waals surface area contributed by atoms with Crippen LogP contribution in [0.25, 0.3) is 0 Å². The van der Waals surface area contributed by atoms with E-state index in [4.69, 9.17) is 0 Å². The van der Waals surface area contributed by atoms with Crippen molar-refractivity contribution in [3.8, 4) is 0 Å². The Hall–Kier alpha value is -1.02. The molecule has 2 saturated heterocycles. The Labute approximate surface area is 116 Å². The Morgan fingerprint density at radius 3 is 2.95 bits per heavy atom. The summed E-state index contributed by atoms with van der Waals surface area (Å²) in [6, 6.07) is 0.634. The molecule has 1 aromatic heterocycles. The summed E-state index contributed by atoms with van der Waals surface area (Å²) < 4.78 is 0. The fourth-order valence-corrected chi connectivity index (χ4v) is 3.14. The third-order valence-corrected chi connectivity index (χ3v) is 4.34. The largest absolute Gasteiger partial charge is 0.314 e. The molecule has 2 N–H and O–H groups in total. The minimum atomic E-state index is 0.0358. The molecular weight excluding hydrogens is 262 g/mol. The van der Waals surface area contributed by atoms with Crippen molar-refractivity contribution in [2.24, 2.45) is 0 Å². The van der Waals surface area contributed by atoms with Gasteiger partial charge in [0.1, 0.15) is 0 Å². The van der Waals surface area contributed by atoms with E-state index in [9.17, 15) is 4.79 Å². The summed E-state index contributed by atoms with van der Waals surface area (Å²) in [5.41, 5.74) is 0. The van der Waals surface area contributed by atoms with E-state index in [1.807, 2.05) is 5.38 Å². The zero-order chi connectivity index (χ0) is 13.1. The average Bonchev–Trinajstić information content (AvgIpc) is 2.87. The molecule has 0 aromatic carbocycles. The molecule has 1 aromatic rings. The van der Waals surface area contributed by atoms with Crippen LogP contribution < -0.4 is 10.6 Å². The number of anilines is 1. The number of nitrogens with zero attached hydrogens (tertiary/aromatic N) is 3. The number of likely N-dealkylation sites (tertiary alicyclic amines) is 1. The first-order chi connectivity index (χ1) is 9.31. The van der Waals surface area contributed by atoms with Crippen LogP contribution in [0.1, 0.15) is 0 Å². The Bertz CT molecular complexity index is 412. The van der Waals surface area contributed by atoms with E-state index in [2.05, 4.69) is 25.4 Å². The van der Waals surface area contributed by atoms with Gasteiger partial charge in [-0.1, -0.05) is 0 Å². The smallest absolute Gasteiger partial charge is 0.240 e.